The maximum atomic E-state index is 12.9. The Labute approximate surface area is 215 Å². The Morgan fingerprint density at radius 1 is 1.16 bits per heavy atom. The van der Waals surface area contributed by atoms with E-state index >= 15 is 0 Å². The van der Waals surface area contributed by atoms with Crippen molar-refractivity contribution in [3.05, 3.63) is 59.0 Å². The Morgan fingerprint density at radius 2 is 1.97 bits per heavy atom. The van der Waals surface area contributed by atoms with Crippen LogP contribution in [-0.4, -0.2) is 50.9 Å². The minimum Gasteiger partial charge on any atom is -0.349 e. The molecule has 0 bridgehead atoms. The fourth-order valence-corrected chi connectivity index (χ4v) is 5.73. The summed E-state index contributed by atoms with van der Waals surface area (Å²) in [5, 5.41) is 8.51. The van der Waals surface area contributed by atoms with Crippen molar-refractivity contribution >= 4 is 16.8 Å². The predicted octanol–water partition coefficient (Wildman–Crippen LogP) is 5.20. The first-order valence-electron chi connectivity index (χ1n) is 13.2. The number of alkyl halides is 3. The fourth-order valence-electron chi connectivity index (χ4n) is 5.73. The monoisotopic (exact) mass is 513 g/mol. The van der Waals surface area contributed by atoms with Gasteiger partial charge in [-0.1, -0.05) is 6.07 Å². The molecule has 1 saturated carbocycles. The SMILES string of the molecule is Cn1cc2c(C(=O)NC3CCC(CCN4CCc5cnc(CCC(F)(F)F)cc5C4)CC3)cccc2n1. The molecule has 1 N–H and O–H groups in total. The van der Waals surface area contributed by atoms with Crippen LogP contribution in [0.5, 0.6) is 0 Å². The molecule has 9 heteroatoms. The number of benzene rings is 1. The first kappa shape index (κ1) is 25.7. The number of carbonyl (C=O) groups excluding carboxylic acids is 1. The second-order valence-electron chi connectivity index (χ2n) is 10.6. The van der Waals surface area contributed by atoms with Gasteiger partial charge >= 0.3 is 6.18 Å². The molecule has 2 aromatic heterocycles. The van der Waals surface area contributed by atoms with Crippen LogP contribution in [0, 0.1) is 5.92 Å². The zero-order valence-electron chi connectivity index (χ0n) is 21.2. The van der Waals surface area contributed by atoms with E-state index in [0.717, 1.165) is 80.2 Å². The third kappa shape index (κ3) is 6.50. The number of carbonyl (C=O) groups is 1. The molecule has 1 aliphatic heterocycles. The van der Waals surface area contributed by atoms with Crippen LogP contribution < -0.4 is 5.32 Å². The molecule has 6 nitrogen and oxygen atoms in total. The quantitative estimate of drug-likeness (QED) is 0.472. The van der Waals surface area contributed by atoms with E-state index in [-0.39, 0.29) is 18.4 Å². The van der Waals surface area contributed by atoms with Crippen LogP contribution in [-0.2, 0) is 26.4 Å². The number of nitrogens with one attached hydrogen (secondary N) is 1. The van der Waals surface area contributed by atoms with E-state index in [2.05, 4.69) is 20.3 Å². The molecule has 198 valence electrons. The first-order chi connectivity index (χ1) is 17.7. The molecule has 0 unspecified atom stereocenters. The molecule has 0 atom stereocenters. The van der Waals surface area contributed by atoms with E-state index < -0.39 is 12.6 Å². The number of pyridine rings is 1. The standard InChI is InChI=1S/C28H34F3N5O/c1-35-18-25-24(3-2-4-26(25)34-35)27(37)33-22-7-5-19(6-8-22)10-13-36-14-11-20-16-32-23(15-21(20)17-36)9-12-28(29,30)31/h2-4,15-16,18-19,22H,5-14,17H2,1H3,(H,33,37). The Balaban J connectivity index is 1.07. The second kappa shape index (κ2) is 10.8. The third-order valence-electron chi connectivity index (χ3n) is 7.84. The van der Waals surface area contributed by atoms with Crippen LogP contribution in [0.15, 0.2) is 36.7 Å². The van der Waals surface area contributed by atoms with Crippen molar-refractivity contribution in [2.75, 3.05) is 13.1 Å². The average Bonchev–Trinajstić information content (AvgIpc) is 3.26. The highest BCUT2D eigenvalue weighted by molar-refractivity contribution is 6.06. The van der Waals surface area contributed by atoms with Gasteiger partial charge in [-0.15, -0.1) is 0 Å². The van der Waals surface area contributed by atoms with Crippen molar-refractivity contribution in [3.63, 3.8) is 0 Å². The minimum absolute atomic E-state index is 0.0295. The molecule has 3 aromatic rings. The van der Waals surface area contributed by atoms with Gasteiger partial charge in [0.1, 0.15) is 0 Å². The Kier molecular flexibility index (Phi) is 7.51. The van der Waals surface area contributed by atoms with Gasteiger partial charge in [0, 0.05) is 56.1 Å². The summed E-state index contributed by atoms with van der Waals surface area (Å²) < 4.78 is 39.5. The summed E-state index contributed by atoms with van der Waals surface area (Å²) in [7, 11) is 1.86. The summed E-state index contributed by atoms with van der Waals surface area (Å²) in [4.78, 5) is 19.6. The van der Waals surface area contributed by atoms with Gasteiger partial charge in [0.25, 0.3) is 5.91 Å². The lowest BCUT2D eigenvalue weighted by molar-refractivity contribution is -0.134. The van der Waals surface area contributed by atoms with Crippen LogP contribution in [0.3, 0.4) is 0 Å². The fraction of sp³-hybridized carbons (Fsp3) is 0.536. The Morgan fingerprint density at radius 3 is 2.76 bits per heavy atom. The lowest BCUT2D eigenvalue weighted by atomic mass is 9.83. The number of fused-ring (bicyclic) bond motifs is 2. The van der Waals surface area contributed by atoms with Crippen molar-refractivity contribution in [1.29, 1.82) is 0 Å². The highest BCUT2D eigenvalue weighted by Crippen LogP contribution is 2.29. The number of amides is 1. The van der Waals surface area contributed by atoms with E-state index in [1.54, 1.807) is 10.9 Å². The van der Waals surface area contributed by atoms with Crippen LogP contribution in [0.25, 0.3) is 10.9 Å². The molecule has 1 amide bonds. The van der Waals surface area contributed by atoms with Crippen LogP contribution in [0.2, 0.25) is 0 Å². The summed E-state index contributed by atoms with van der Waals surface area (Å²) in [5.74, 6) is 0.606. The molecule has 0 saturated heterocycles. The highest BCUT2D eigenvalue weighted by atomic mass is 19.4. The molecule has 1 aromatic carbocycles. The zero-order valence-corrected chi connectivity index (χ0v) is 21.2. The molecule has 2 aliphatic rings. The summed E-state index contributed by atoms with van der Waals surface area (Å²) in [6, 6.07) is 7.71. The van der Waals surface area contributed by atoms with E-state index in [1.165, 1.54) is 0 Å². The molecular weight excluding hydrogens is 479 g/mol. The number of rotatable bonds is 7. The molecule has 5 rings (SSSR count). The number of aryl methyl sites for hydroxylation is 2. The zero-order chi connectivity index (χ0) is 26.0. The second-order valence-corrected chi connectivity index (χ2v) is 10.6. The molecule has 1 aliphatic carbocycles. The topological polar surface area (TPSA) is 63.1 Å². The van der Waals surface area contributed by atoms with Gasteiger partial charge in [-0.05, 0) is 86.7 Å². The van der Waals surface area contributed by atoms with Gasteiger partial charge in [-0.3, -0.25) is 19.4 Å². The summed E-state index contributed by atoms with van der Waals surface area (Å²) >= 11 is 0. The number of nitrogens with zero attached hydrogens (tertiary/aromatic N) is 4. The van der Waals surface area contributed by atoms with E-state index in [0.29, 0.717) is 17.2 Å². The Hall–Kier alpha value is -2.94. The third-order valence-corrected chi connectivity index (χ3v) is 7.84. The van der Waals surface area contributed by atoms with Crippen molar-refractivity contribution in [2.24, 2.45) is 13.0 Å². The van der Waals surface area contributed by atoms with Gasteiger partial charge in [-0.25, -0.2) is 0 Å². The number of hydrogen-bond acceptors (Lipinski definition) is 4. The van der Waals surface area contributed by atoms with Crippen molar-refractivity contribution in [3.8, 4) is 0 Å². The summed E-state index contributed by atoms with van der Waals surface area (Å²) in [6.07, 6.45) is 4.77. The molecule has 1 fully saturated rings. The lowest BCUT2D eigenvalue weighted by Crippen LogP contribution is -2.38. The van der Waals surface area contributed by atoms with Crippen molar-refractivity contribution in [2.45, 2.75) is 70.1 Å². The lowest BCUT2D eigenvalue weighted by Gasteiger charge is -2.33. The van der Waals surface area contributed by atoms with Crippen LogP contribution >= 0.6 is 0 Å². The summed E-state index contributed by atoms with van der Waals surface area (Å²) in [5.41, 5.74) is 4.31. The van der Waals surface area contributed by atoms with E-state index in [4.69, 9.17) is 0 Å². The van der Waals surface area contributed by atoms with Crippen molar-refractivity contribution in [1.82, 2.24) is 25.0 Å². The molecule has 3 heterocycles. The molecule has 37 heavy (non-hydrogen) atoms. The number of hydrogen-bond donors (Lipinski definition) is 1. The van der Waals surface area contributed by atoms with Crippen LogP contribution in [0.1, 0.15) is 65.7 Å². The number of halogens is 3. The largest absolute Gasteiger partial charge is 0.389 e. The smallest absolute Gasteiger partial charge is 0.349 e. The molecule has 0 spiro atoms. The average molecular weight is 514 g/mol. The van der Waals surface area contributed by atoms with Crippen LogP contribution in [0.4, 0.5) is 13.2 Å². The van der Waals surface area contributed by atoms with Gasteiger partial charge < -0.3 is 5.32 Å². The minimum atomic E-state index is -4.15. The Bertz CT molecular complexity index is 1250. The van der Waals surface area contributed by atoms with Gasteiger partial charge in [0.2, 0.25) is 0 Å². The van der Waals surface area contributed by atoms with Crippen molar-refractivity contribution < 1.29 is 18.0 Å². The van der Waals surface area contributed by atoms with Gasteiger partial charge in [0.15, 0.2) is 0 Å². The molecule has 0 radical (unpaired) electrons. The maximum Gasteiger partial charge on any atom is 0.389 e. The highest BCUT2D eigenvalue weighted by Gasteiger charge is 2.28. The van der Waals surface area contributed by atoms with Gasteiger partial charge in [0.05, 0.1) is 11.1 Å². The first-order valence-corrected chi connectivity index (χ1v) is 13.2. The summed E-state index contributed by atoms with van der Waals surface area (Å²) in [6.45, 7) is 2.73. The predicted molar refractivity (Wildman–Crippen MR) is 136 cm³/mol. The normalized spacial score (nSPS) is 20.6. The van der Waals surface area contributed by atoms with Gasteiger partial charge in [-0.2, -0.15) is 18.3 Å². The number of aromatic nitrogens is 3. The van der Waals surface area contributed by atoms with E-state index in [1.807, 2.05) is 37.5 Å². The molecular formula is C28H34F3N5O. The maximum absolute atomic E-state index is 12.9. The van der Waals surface area contributed by atoms with E-state index in [9.17, 15) is 18.0 Å².